The van der Waals surface area contributed by atoms with Crippen molar-refractivity contribution in [1.82, 2.24) is 4.98 Å². The molecule has 6 heteroatoms. The summed E-state index contributed by atoms with van der Waals surface area (Å²) in [5.74, 6) is -0.00106. The van der Waals surface area contributed by atoms with E-state index in [-0.39, 0.29) is 11.7 Å². The number of benzene rings is 1. The number of rotatable bonds is 3. The van der Waals surface area contributed by atoms with Crippen LogP contribution in [0.2, 0.25) is 0 Å². The summed E-state index contributed by atoms with van der Waals surface area (Å²) in [5.41, 5.74) is 9.16. The van der Waals surface area contributed by atoms with Gasteiger partial charge in [-0.25, -0.2) is 4.98 Å². The Morgan fingerprint density at radius 3 is 3.19 bits per heavy atom. The van der Waals surface area contributed by atoms with Crippen LogP contribution in [0.3, 0.4) is 0 Å². The Labute approximate surface area is 101 Å². The summed E-state index contributed by atoms with van der Waals surface area (Å²) in [6.07, 6.45) is 0. The van der Waals surface area contributed by atoms with Crippen molar-refractivity contribution in [2.75, 3.05) is 18.6 Å². The van der Waals surface area contributed by atoms with Gasteiger partial charge in [-0.2, -0.15) is 0 Å². The van der Waals surface area contributed by atoms with Gasteiger partial charge in [0.05, 0.1) is 28.8 Å². The van der Waals surface area contributed by atoms with Gasteiger partial charge in [-0.3, -0.25) is 4.79 Å². The molecule has 0 aliphatic rings. The summed E-state index contributed by atoms with van der Waals surface area (Å²) >= 11 is 2.91. The molecule has 0 aliphatic carbocycles. The van der Waals surface area contributed by atoms with Crippen molar-refractivity contribution < 1.29 is 9.53 Å². The Kier molecular flexibility index (Phi) is 3.31. The molecule has 4 nitrogen and oxygen atoms in total. The van der Waals surface area contributed by atoms with Crippen LogP contribution in [0.15, 0.2) is 22.5 Å². The molecule has 2 aromatic rings. The minimum absolute atomic E-state index is 0.260. The molecule has 0 amide bonds. The predicted octanol–water partition coefficient (Wildman–Crippen LogP) is 2.14. The van der Waals surface area contributed by atoms with E-state index >= 15 is 0 Å². The molecule has 1 aromatic carbocycles. The zero-order chi connectivity index (χ0) is 11.5. The van der Waals surface area contributed by atoms with Gasteiger partial charge in [0.15, 0.2) is 0 Å². The van der Waals surface area contributed by atoms with E-state index in [4.69, 9.17) is 5.73 Å². The molecule has 84 valence electrons. The molecule has 2 rings (SSSR count). The molecular weight excluding hydrogens is 244 g/mol. The van der Waals surface area contributed by atoms with Gasteiger partial charge in [0.1, 0.15) is 5.52 Å². The maximum Gasteiger partial charge on any atom is 0.315 e. The summed E-state index contributed by atoms with van der Waals surface area (Å²) in [6, 6.07) is 3.87. The van der Waals surface area contributed by atoms with E-state index in [0.717, 1.165) is 15.1 Å². The lowest BCUT2D eigenvalue weighted by molar-refractivity contribution is -0.137. The minimum atomic E-state index is -0.261. The zero-order valence-corrected chi connectivity index (χ0v) is 10.2. The Balaban J connectivity index is 2.24. The van der Waals surface area contributed by atoms with Crippen LogP contribution in [0.1, 0.15) is 0 Å². The van der Waals surface area contributed by atoms with Gasteiger partial charge in [-0.1, -0.05) is 0 Å². The van der Waals surface area contributed by atoms with Crippen LogP contribution in [0, 0.1) is 0 Å². The lowest BCUT2D eigenvalue weighted by Gasteiger charge is -2.04. The summed E-state index contributed by atoms with van der Waals surface area (Å²) in [7, 11) is 1.37. The van der Waals surface area contributed by atoms with Crippen molar-refractivity contribution in [3.05, 3.63) is 17.6 Å². The number of anilines is 1. The SMILES string of the molecule is COC(=O)CSc1ccc2scnc2c1N. The highest BCUT2D eigenvalue weighted by Gasteiger charge is 2.09. The highest BCUT2D eigenvalue weighted by molar-refractivity contribution is 8.00. The van der Waals surface area contributed by atoms with Crippen LogP contribution >= 0.6 is 23.1 Å². The first-order valence-electron chi connectivity index (χ1n) is 4.53. The predicted molar refractivity (Wildman–Crippen MR) is 66.8 cm³/mol. The molecule has 0 unspecified atom stereocenters. The van der Waals surface area contributed by atoms with E-state index in [1.165, 1.54) is 18.9 Å². The fourth-order valence-corrected chi connectivity index (χ4v) is 2.76. The number of nitrogen functional groups attached to an aromatic ring is 1. The third-order valence-corrected chi connectivity index (χ3v) is 3.92. The van der Waals surface area contributed by atoms with Crippen molar-refractivity contribution in [1.29, 1.82) is 0 Å². The molecule has 0 aliphatic heterocycles. The molecule has 0 atom stereocenters. The van der Waals surface area contributed by atoms with E-state index in [0.29, 0.717) is 5.69 Å². The van der Waals surface area contributed by atoms with Gasteiger partial charge in [0, 0.05) is 4.90 Å². The lowest BCUT2D eigenvalue weighted by atomic mass is 10.3. The average Bonchev–Trinajstić information content (AvgIpc) is 2.76. The van der Waals surface area contributed by atoms with E-state index in [2.05, 4.69) is 9.72 Å². The second-order valence-electron chi connectivity index (χ2n) is 3.04. The second-order valence-corrected chi connectivity index (χ2v) is 4.94. The van der Waals surface area contributed by atoms with Gasteiger partial charge in [-0.15, -0.1) is 23.1 Å². The monoisotopic (exact) mass is 254 g/mol. The maximum atomic E-state index is 11.0. The number of esters is 1. The highest BCUT2D eigenvalue weighted by atomic mass is 32.2. The van der Waals surface area contributed by atoms with Crippen molar-refractivity contribution >= 4 is 45.0 Å². The number of carbonyl (C=O) groups is 1. The number of thioether (sulfide) groups is 1. The molecule has 0 radical (unpaired) electrons. The summed E-state index contributed by atoms with van der Waals surface area (Å²) in [4.78, 5) is 16.1. The number of hydrogen-bond acceptors (Lipinski definition) is 6. The Morgan fingerprint density at radius 2 is 2.44 bits per heavy atom. The van der Waals surface area contributed by atoms with E-state index in [9.17, 15) is 4.79 Å². The first kappa shape index (κ1) is 11.2. The quantitative estimate of drug-likeness (QED) is 0.516. The van der Waals surface area contributed by atoms with Crippen molar-refractivity contribution in [3.63, 3.8) is 0 Å². The zero-order valence-electron chi connectivity index (χ0n) is 8.60. The van der Waals surface area contributed by atoms with Gasteiger partial charge >= 0.3 is 5.97 Å². The second kappa shape index (κ2) is 4.71. The highest BCUT2D eigenvalue weighted by Crippen LogP contribution is 2.32. The third kappa shape index (κ3) is 2.12. The topological polar surface area (TPSA) is 65.2 Å². The third-order valence-electron chi connectivity index (χ3n) is 2.07. The summed E-state index contributed by atoms with van der Waals surface area (Å²) in [6.45, 7) is 0. The number of thiazole rings is 1. The van der Waals surface area contributed by atoms with Gasteiger partial charge < -0.3 is 10.5 Å². The maximum absolute atomic E-state index is 11.0. The van der Waals surface area contributed by atoms with Gasteiger partial charge in [-0.05, 0) is 12.1 Å². The molecular formula is C10H10N2O2S2. The van der Waals surface area contributed by atoms with Crippen LogP contribution in [-0.4, -0.2) is 23.8 Å². The number of methoxy groups -OCH3 is 1. The van der Waals surface area contributed by atoms with Crippen LogP contribution in [0.5, 0.6) is 0 Å². The first-order chi connectivity index (χ1) is 7.72. The Morgan fingerprint density at radius 1 is 1.62 bits per heavy atom. The molecule has 16 heavy (non-hydrogen) atoms. The van der Waals surface area contributed by atoms with Crippen LogP contribution < -0.4 is 5.73 Å². The number of carbonyl (C=O) groups excluding carboxylic acids is 1. The number of aromatic nitrogens is 1. The van der Waals surface area contributed by atoms with E-state index in [1.807, 2.05) is 12.1 Å². The van der Waals surface area contributed by atoms with Gasteiger partial charge in [0.25, 0.3) is 0 Å². The van der Waals surface area contributed by atoms with Crippen molar-refractivity contribution in [3.8, 4) is 0 Å². The Bertz CT molecular complexity index is 525. The molecule has 0 bridgehead atoms. The number of nitrogens with zero attached hydrogens (tertiary/aromatic N) is 1. The smallest absolute Gasteiger partial charge is 0.315 e. The summed E-state index contributed by atoms with van der Waals surface area (Å²) in [5, 5.41) is 0. The van der Waals surface area contributed by atoms with E-state index < -0.39 is 0 Å². The fraction of sp³-hybridized carbons (Fsp3) is 0.200. The fourth-order valence-electron chi connectivity index (χ4n) is 1.26. The molecule has 0 spiro atoms. The molecule has 1 aromatic heterocycles. The lowest BCUT2D eigenvalue weighted by Crippen LogP contribution is -2.03. The molecule has 0 saturated heterocycles. The Hall–Kier alpha value is -1.27. The molecule has 0 fully saturated rings. The number of ether oxygens (including phenoxy) is 1. The van der Waals surface area contributed by atoms with Gasteiger partial charge in [0.2, 0.25) is 0 Å². The van der Waals surface area contributed by atoms with Crippen LogP contribution in [0.4, 0.5) is 5.69 Å². The standard InChI is InChI=1S/C10H10N2O2S2/c1-14-8(13)4-15-6-2-3-7-10(9(6)11)12-5-16-7/h2-3,5H,4,11H2,1H3. The number of nitrogens with two attached hydrogens (primary N) is 1. The van der Waals surface area contributed by atoms with E-state index in [1.54, 1.807) is 16.8 Å². The number of hydrogen-bond donors (Lipinski definition) is 1. The molecule has 1 heterocycles. The van der Waals surface area contributed by atoms with Crippen molar-refractivity contribution in [2.24, 2.45) is 0 Å². The minimum Gasteiger partial charge on any atom is -0.468 e. The molecule has 0 saturated carbocycles. The average molecular weight is 254 g/mol. The normalized spacial score (nSPS) is 10.6. The van der Waals surface area contributed by atoms with Crippen molar-refractivity contribution in [2.45, 2.75) is 4.90 Å². The first-order valence-corrected chi connectivity index (χ1v) is 6.40. The van der Waals surface area contributed by atoms with Crippen LogP contribution in [-0.2, 0) is 9.53 Å². The number of fused-ring (bicyclic) bond motifs is 1. The van der Waals surface area contributed by atoms with Crippen LogP contribution in [0.25, 0.3) is 10.2 Å². The molecule has 2 N–H and O–H groups in total. The largest absolute Gasteiger partial charge is 0.468 e. The summed E-state index contributed by atoms with van der Waals surface area (Å²) < 4.78 is 5.63.